The van der Waals surface area contributed by atoms with Gasteiger partial charge in [-0.1, -0.05) is 43.6 Å². The van der Waals surface area contributed by atoms with Gasteiger partial charge in [0, 0.05) is 12.0 Å². The molecule has 0 fully saturated rings. The van der Waals surface area contributed by atoms with Gasteiger partial charge in [0.25, 0.3) is 5.91 Å². The molecular formula is C15H18FN3OS. The first-order chi connectivity index (χ1) is 10.2. The van der Waals surface area contributed by atoms with E-state index in [9.17, 15) is 9.18 Å². The van der Waals surface area contributed by atoms with Crippen molar-refractivity contribution in [3.8, 4) is 0 Å². The standard InChI is InChI=1S/C15H18FN3OS/c1-2-3-4-5-9-13-18-19-15(21-13)17-14(20)11-7-6-8-12(16)10-11/h6-8,10H,2-5,9H2,1H3,(H,17,19,20). The van der Waals surface area contributed by atoms with Crippen molar-refractivity contribution < 1.29 is 9.18 Å². The highest BCUT2D eigenvalue weighted by Crippen LogP contribution is 2.18. The molecule has 4 nitrogen and oxygen atoms in total. The Morgan fingerprint density at radius 1 is 1.29 bits per heavy atom. The molecule has 0 aliphatic carbocycles. The van der Waals surface area contributed by atoms with Gasteiger partial charge < -0.3 is 0 Å². The normalized spacial score (nSPS) is 10.6. The van der Waals surface area contributed by atoms with Crippen LogP contribution in [0.15, 0.2) is 24.3 Å². The largest absolute Gasteiger partial charge is 0.296 e. The molecule has 0 saturated carbocycles. The van der Waals surface area contributed by atoms with E-state index in [1.54, 1.807) is 6.07 Å². The zero-order valence-electron chi connectivity index (χ0n) is 11.9. The summed E-state index contributed by atoms with van der Waals surface area (Å²) in [6, 6.07) is 5.56. The third-order valence-corrected chi connectivity index (χ3v) is 3.92. The lowest BCUT2D eigenvalue weighted by molar-refractivity contribution is 0.102. The molecule has 2 aromatic rings. The SMILES string of the molecule is CCCCCCc1nnc(NC(=O)c2cccc(F)c2)s1. The summed E-state index contributed by atoms with van der Waals surface area (Å²) in [6.45, 7) is 2.17. The third-order valence-electron chi connectivity index (χ3n) is 3.02. The van der Waals surface area contributed by atoms with Crippen molar-refractivity contribution in [2.75, 3.05) is 5.32 Å². The Hall–Kier alpha value is -1.82. The Kier molecular flexibility index (Phi) is 5.80. The van der Waals surface area contributed by atoms with E-state index in [1.165, 1.54) is 48.8 Å². The molecule has 21 heavy (non-hydrogen) atoms. The molecule has 112 valence electrons. The van der Waals surface area contributed by atoms with Gasteiger partial charge in [-0.2, -0.15) is 0 Å². The summed E-state index contributed by atoms with van der Waals surface area (Å²) >= 11 is 1.37. The number of anilines is 1. The zero-order chi connectivity index (χ0) is 15.1. The molecule has 0 radical (unpaired) electrons. The van der Waals surface area contributed by atoms with Gasteiger partial charge in [-0.05, 0) is 24.6 Å². The molecule has 1 aromatic heterocycles. The number of carbonyl (C=O) groups excluding carboxylic acids is 1. The predicted octanol–water partition coefficient (Wildman–Crippen LogP) is 4.05. The number of unbranched alkanes of at least 4 members (excludes halogenated alkanes) is 3. The van der Waals surface area contributed by atoms with E-state index < -0.39 is 5.82 Å². The summed E-state index contributed by atoms with van der Waals surface area (Å²) in [5, 5.41) is 12.0. The second kappa shape index (κ2) is 7.83. The highest BCUT2D eigenvalue weighted by Gasteiger charge is 2.10. The van der Waals surface area contributed by atoms with E-state index in [0.717, 1.165) is 17.8 Å². The second-order valence-electron chi connectivity index (χ2n) is 4.78. The number of aryl methyl sites for hydroxylation is 1. The van der Waals surface area contributed by atoms with E-state index in [0.29, 0.717) is 5.13 Å². The van der Waals surface area contributed by atoms with E-state index in [4.69, 9.17) is 0 Å². The van der Waals surface area contributed by atoms with Gasteiger partial charge in [-0.3, -0.25) is 10.1 Å². The van der Waals surface area contributed by atoms with Gasteiger partial charge in [0.05, 0.1) is 0 Å². The van der Waals surface area contributed by atoms with Crippen LogP contribution >= 0.6 is 11.3 Å². The number of nitrogens with one attached hydrogen (secondary N) is 1. The summed E-state index contributed by atoms with van der Waals surface area (Å²) in [6.07, 6.45) is 5.57. The lowest BCUT2D eigenvalue weighted by Crippen LogP contribution is -2.11. The van der Waals surface area contributed by atoms with Crippen molar-refractivity contribution >= 4 is 22.4 Å². The van der Waals surface area contributed by atoms with Crippen molar-refractivity contribution in [1.29, 1.82) is 0 Å². The molecule has 6 heteroatoms. The minimum atomic E-state index is -0.434. The lowest BCUT2D eigenvalue weighted by Gasteiger charge is -2.00. The third kappa shape index (κ3) is 4.90. The van der Waals surface area contributed by atoms with Crippen LogP contribution in [0.4, 0.5) is 9.52 Å². The molecule has 1 aromatic carbocycles. The number of benzene rings is 1. The highest BCUT2D eigenvalue weighted by atomic mass is 32.1. The molecule has 0 atom stereocenters. The van der Waals surface area contributed by atoms with Crippen molar-refractivity contribution in [1.82, 2.24) is 10.2 Å². The Bertz CT molecular complexity index is 600. The number of hydrogen-bond acceptors (Lipinski definition) is 4. The van der Waals surface area contributed by atoms with Crippen LogP contribution < -0.4 is 5.32 Å². The van der Waals surface area contributed by atoms with Crippen molar-refractivity contribution in [3.05, 3.63) is 40.7 Å². The van der Waals surface area contributed by atoms with Crippen LogP contribution in [0, 0.1) is 5.82 Å². The Labute approximate surface area is 127 Å². The number of nitrogens with zero attached hydrogens (tertiary/aromatic N) is 2. The maximum atomic E-state index is 13.1. The minimum absolute atomic E-state index is 0.273. The molecule has 0 aliphatic rings. The molecule has 1 heterocycles. The van der Waals surface area contributed by atoms with Crippen LogP contribution in [0.2, 0.25) is 0 Å². The number of hydrogen-bond donors (Lipinski definition) is 1. The van der Waals surface area contributed by atoms with Crippen LogP contribution in [0.1, 0.15) is 48.0 Å². The Morgan fingerprint density at radius 3 is 2.90 bits per heavy atom. The van der Waals surface area contributed by atoms with Crippen molar-refractivity contribution in [2.45, 2.75) is 39.0 Å². The fraction of sp³-hybridized carbons (Fsp3) is 0.400. The average Bonchev–Trinajstić information content (AvgIpc) is 2.91. The van der Waals surface area contributed by atoms with Gasteiger partial charge in [0.1, 0.15) is 10.8 Å². The first-order valence-corrected chi connectivity index (χ1v) is 7.90. The van der Waals surface area contributed by atoms with Gasteiger partial charge in [0.2, 0.25) is 5.13 Å². The maximum Gasteiger partial charge on any atom is 0.257 e. The molecule has 2 rings (SSSR count). The van der Waals surface area contributed by atoms with E-state index in [1.807, 2.05) is 0 Å². The topological polar surface area (TPSA) is 54.9 Å². The summed E-state index contributed by atoms with van der Waals surface area (Å²) < 4.78 is 13.1. The maximum absolute atomic E-state index is 13.1. The van der Waals surface area contributed by atoms with E-state index in [2.05, 4.69) is 22.4 Å². The number of carbonyl (C=O) groups is 1. The quantitative estimate of drug-likeness (QED) is 0.785. The molecule has 0 spiro atoms. The fourth-order valence-corrected chi connectivity index (χ4v) is 2.68. The molecule has 0 bridgehead atoms. The first kappa shape index (κ1) is 15.6. The van der Waals surface area contributed by atoms with Crippen LogP contribution in [-0.2, 0) is 6.42 Å². The highest BCUT2D eigenvalue weighted by molar-refractivity contribution is 7.15. The predicted molar refractivity (Wildman–Crippen MR) is 82.1 cm³/mol. The summed E-state index contributed by atoms with van der Waals surface area (Å²) in [5.74, 6) is -0.806. The van der Waals surface area contributed by atoms with Gasteiger partial charge >= 0.3 is 0 Å². The summed E-state index contributed by atoms with van der Waals surface area (Å²) in [5.41, 5.74) is 0.273. The Morgan fingerprint density at radius 2 is 2.14 bits per heavy atom. The van der Waals surface area contributed by atoms with Gasteiger partial charge in [-0.25, -0.2) is 4.39 Å². The number of rotatable bonds is 7. The fourth-order valence-electron chi connectivity index (χ4n) is 1.91. The van der Waals surface area contributed by atoms with E-state index >= 15 is 0 Å². The molecular weight excluding hydrogens is 289 g/mol. The molecule has 1 N–H and O–H groups in total. The van der Waals surface area contributed by atoms with Crippen molar-refractivity contribution in [2.24, 2.45) is 0 Å². The molecule has 1 amide bonds. The summed E-state index contributed by atoms with van der Waals surface area (Å²) in [4.78, 5) is 11.9. The molecule has 0 aliphatic heterocycles. The lowest BCUT2D eigenvalue weighted by atomic mass is 10.2. The zero-order valence-corrected chi connectivity index (χ0v) is 12.8. The second-order valence-corrected chi connectivity index (χ2v) is 5.84. The van der Waals surface area contributed by atoms with Crippen LogP contribution in [0.5, 0.6) is 0 Å². The Balaban J connectivity index is 1.88. The molecule has 0 saturated heterocycles. The van der Waals surface area contributed by atoms with Crippen LogP contribution in [-0.4, -0.2) is 16.1 Å². The summed E-state index contributed by atoms with van der Waals surface area (Å²) in [7, 11) is 0. The van der Waals surface area contributed by atoms with Crippen molar-refractivity contribution in [3.63, 3.8) is 0 Å². The van der Waals surface area contributed by atoms with E-state index in [-0.39, 0.29) is 11.5 Å². The molecule has 0 unspecified atom stereocenters. The van der Waals surface area contributed by atoms with Gasteiger partial charge in [-0.15, -0.1) is 10.2 Å². The van der Waals surface area contributed by atoms with Gasteiger partial charge in [0.15, 0.2) is 0 Å². The van der Waals surface area contributed by atoms with Crippen LogP contribution in [0.25, 0.3) is 0 Å². The smallest absolute Gasteiger partial charge is 0.257 e. The number of amides is 1. The average molecular weight is 307 g/mol. The minimum Gasteiger partial charge on any atom is -0.296 e. The number of halogens is 1. The first-order valence-electron chi connectivity index (χ1n) is 7.08. The number of aromatic nitrogens is 2. The monoisotopic (exact) mass is 307 g/mol. The van der Waals surface area contributed by atoms with Crippen LogP contribution in [0.3, 0.4) is 0 Å².